The zero-order valence-corrected chi connectivity index (χ0v) is 5.12. The Kier molecular flexibility index (Phi) is 1.10. The third-order valence-corrected chi connectivity index (χ3v) is 1.61. The van der Waals surface area contributed by atoms with E-state index in [4.69, 9.17) is 0 Å². The maximum Gasteiger partial charge on any atom is 0.157 e. The highest BCUT2D eigenvalue weighted by Gasteiger charge is 1.91. The summed E-state index contributed by atoms with van der Waals surface area (Å²) in [6.07, 6.45) is 0. The Hall–Kier alpha value is -0.375. The maximum atomic E-state index is 3.78. The van der Waals surface area contributed by atoms with E-state index in [1.807, 2.05) is 14.8 Å². The van der Waals surface area contributed by atoms with Gasteiger partial charge in [0.15, 0.2) is 7.85 Å². The fourth-order valence-electron chi connectivity index (χ4n) is 0.279. The molecule has 0 unspecified atom stereocenters. The van der Waals surface area contributed by atoms with Gasteiger partial charge in [-0.2, -0.15) is 0 Å². The van der Waals surface area contributed by atoms with Crippen molar-refractivity contribution >= 4 is 24.2 Å². The van der Waals surface area contributed by atoms with Gasteiger partial charge in [-0.1, -0.05) is 4.49 Å². The molecule has 0 fully saturated rings. The number of rotatable bonds is 0. The summed E-state index contributed by atoms with van der Waals surface area (Å²) in [7, 11) is 2.01. The first-order valence-corrected chi connectivity index (χ1v) is 2.83. The topological polar surface area (TPSA) is 25.8 Å². The second-order valence-corrected chi connectivity index (χ2v) is 2.37. The van der Waals surface area contributed by atoms with Crippen molar-refractivity contribution in [1.29, 1.82) is 0 Å². The van der Waals surface area contributed by atoms with E-state index in [0.29, 0.717) is 0 Å². The Balaban J connectivity index is 3.12. The van der Waals surface area contributed by atoms with Gasteiger partial charge in [-0.15, -0.1) is 5.10 Å². The number of hydrogen-bond acceptors (Lipinski definition) is 3. The van der Waals surface area contributed by atoms with Crippen LogP contribution in [0.3, 0.4) is 0 Å². The Labute approximate surface area is 47.1 Å². The van der Waals surface area contributed by atoms with Crippen LogP contribution < -0.4 is 4.78 Å². The third kappa shape index (κ3) is 0.798. The minimum absolute atomic E-state index is 1.05. The van der Waals surface area contributed by atoms with Gasteiger partial charge in [0.05, 0.1) is 5.69 Å². The molecular weight excluding hydrogens is 107 g/mol. The van der Waals surface area contributed by atoms with Gasteiger partial charge in [0.2, 0.25) is 0 Å². The van der Waals surface area contributed by atoms with Crippen LogP contribution in [0.4, 0.5) is 0 Å². The van der Waals surface area contributed by atoms with Gasteiger partial charge in [-0.05, 0) is 18.5 Å². The van der Waals surface area contributed by atoms with Gasteiger partial charge in [-0.3, -0.25) is 0 Å². The Morgan fingerprint density at radius 2 is 2.43 bits per heavy atom. The Morgan fingerprint density at radius 1 is 1.71 bits per heavy atom. The molecule has 7 heavy (non-hydrogen) atoms. The average Bonchev–Trinajstić information content (AvgIpc) is 1.91. The number of aromatic nitrogens is 2. The molecule has 2 nitrogen and oxygen atoms in total. The lowest BCUT2D eigenvalue weighted by Crippen LogP contribution is -1.97. The highest BCUT2D eigenvalue weighted by molar-refractivity contribution is 7.14. The minimum Gasteiger partial charge on any atom is -0.144 e. The minimum atomic E-state index is 1.05. The van der Waals surface area contributed by atoms with E-state index >= 15 is 0 Å². The Morgan fingerprint density at radius 3 is 2.57 bits per heavy atom. The fraction of sp³-hybridized carbons (Fsp3) is 0.333. The maximum absolute atomic E-state index is 3.78. The van der Waals surface area contributed by atoms with Gasteiger partial charge >= 0.3 is 0 Å². The molecule has 0 amide bonds. The van der Waals surface area contributed by atoms with Crippen molar-refractivity contribution in [3.8, 4) is 0 Å². The van der Waals surface area contributed by atoms with Crippen LogP contribution in [0, 0.1) is 6.92 Å². The molecule has 0 saturated carbocycles. The molecule has 0 aliphatic heterocycles. The van der Waals surface area contributed by atoms with E-state index in [0.717, 1.165) is 5.69 Å². The molecule has 1 aromatic heterocycles. The molecule has 0 radical (unpaired) electrons. The summed E-state index contributed by atoms with van der Waals surface area (Å²) in [5, 5.41) is 3.78. The first kappa shape index (κ1) is 4.78. The first-order valence-electron chi connectivity index (χ1n) is 2.06. The van der Waals surface area contributed by atoms with Gasteiger partial charge < -0.3 is 0 Å². The number of nitrogens with zero attached hydrogens (tertiary/aromatic N) is 2. The molecule has 1 heterocycles. The van der Waals surface area contributed by atoms with Crippen LogP contribution >= 0.6 is 11.5 Å². The summed E-state index contributed by atoms with van der Waals surface area (Å²) < 4.78 is 4.92. The lowest BCUT2D eigenvalue weighted by Gasteiger charge is -1.74. The zero-order valence-electron chi connectivity index (χ0n) is 4.30. The summed E-state index contributed by atoms with van der Waals surface area (Å²) >= 11 is 1.44. The van der Waals surface area contributed by atoms with Crippen LogP contribution in [-0.2, 0) is 0 Å². The van der Waals surface area contributed by atoms with Crippen LogP contribution in [0.5, 0.6) is 0 Å². The van der Waals surface area contributed by atoms with E-state index in [-0.39, 0.29) is 0 Å². The molecule has 0 aromatic carbocycles. The molecule has 0 saturated heterocycles. The van der Waals surface area contributed by atoms with E-state index in [1.165, 1.54) is 16.3 Å². The van der Waals surface area contributed by atoms with Crippen LogP contribution in [0.15, 0.2) is 0 Å². The molecule has 0 aliphatic rings. The summed E-state index contributed by atoms with van der Waals surface area (Å²) in [5.74, 6) is 0. The van der Waals surface area contributed by atoms with Crippen molar-refractivity contribution in [1.82, 2.24) is 9.59 Å². The molecule has 36 valence electrons. The van der Waals surface area contributed by atoms with Crippen molar-refractivity contribution in [2.45, 2.75) is 6.92 Å². The SMILES string of the molecule is Bc1snnc1C. The van der Waals surface area contributed by atoms with Gasteiger partial charge in [-0.25, -0.2) is 0 Å². The molecule has 4 heteroatoms. The molecule has 0 aliphatic carbocycles. The molecule has 1 rings (SSSR count). The Bertz CT molecular complexity index is 145. The van der Waals surface area contributed by atoms with Crippen molar-refractivity contribution in [3.05, 3.63) is 5.69 Å². The van der Waals surface area contributed by atoms with Gasteiger partial charge in [0.1, 0.15) is 0 Å². The third-order valence-electron chi connectivity index (χ3n) is 0.878. The summed E-state index contributed by atoms with van der Waals surface area (Å²) in [6, 6.07) is 0. The van der Waals surface area contributed by atoms with Crippen molar-refractivity contribution in [3.63, 3.8) is 0 Å². The van der Waals surface area contributed by atoms with Gasteiger partial charge in [0, 0.05) is 4.78 Å². The fourth-order valence-corrected chi connectivity index (χ4v) is 0.738. The summed E-state index contributed by atoms with van der Waals surface area (Å²) in [5.41, 5.74) is 1.05. The van der Waals surface area contributed by atoms with E-state index in [1.54, 1.807) is 0 Å². The molecule has 0 spiro atoms. The largest absolute Gasteiger partial charge is 0.157 e. The highest BCUT2D eigenvalue weighted by atomic mass is 32.1. The average molecular weight is 112 g/mol. The van der Waals surface area contributed by atoms with Crippen molar-refractivity contribution in [2.75, 3.05) is 0 Å². The predicted octanol–water partition coefficient (Wildman–Crippen LogP) is -0.895. The molecule has 0 atom stereocenters. The zero-order chi connectivity index (χ0) is 5.28. The van der Waals surface area contributed by atoms with Crippen LogP contribution in [0.25, 0.3) is 0 Å². The van der Waals surface area contributed by atoms with Gasteiger partial charge in [0.25, 0.3) is 0 Å². The van der Waals surface area contributed by atoms with E-state index < -0.39 is 0 Å². The lowest BCUT2D eigenvalue weighted by atomic mass is 10.1. The molecule has 1 aromatic rings. The quantitative estimate of drug-likeness (QED) is 0.406. The van der Waals surface area contributed by atoms with Crippen LogP contribution in [0.1, 0.15) is 5.69 Å². The second kappa shape index (κ2) is 1.62. The summed E-state index contributed by atoms with van der Waals surface area (Å²) in [6.45, 7) is 1.96. The van der Waals surface area contributed by atoms with Crippen molar-refractivity contribution < 1.29 is 0 Å². The van der Waals surface area contributed by atoms with E-state index in [2.05, 4.69) is 9.59 Å². The highest BCUT2D eigenvalue weighted by Crippen LogP contribution is 1.85. The smallest absolute Gasteiger partial charge is 0.144 e. The van der Waals surface area contributed by atoms with Crippen LogP contribution in [0.2, 0.25) is 0 Å². The second-order valence-electron chi connectivity index (χ2n) is 1.41. The number of aryl methyl sites for hydroxylation is 1. The standard InChI is InChI=1S/C3H5BN2S/c1-2-3(4)7-6-5-2/h4H2,1H3. The number of hydrogen-bond donors (Lipinski definition) is 0. The predicted molar refractivity (Wildman–Crippen MR) is 32.8 cm³/mol. The summed E-state index contributed by atoms with van der Waals surface area (Å²) in [4.78, 5) is 0. The monoisotopic (exact) mass is 112 g/mol. The normalized spacial score (nSPS) is 9.29. The van der Waals surface area contributed by atoms with Crippen LogP contribution in [-0.4, -0.2) is 17.4 Å². The molecular formula is C3H5BN2S. The van der Waals surface area contributed by atoms with E-state index in [9.17, 15) is 0 Å². The molecule has 0 N–H and O–H groups in total. The lowest BCUT2D eigenvalue weighted by molar-refractivity contribution is 1.09. The first-order chi connectivity index (χ1) is 3.30. The molecule has 0 bridgehead atoms. The van der Waals surface area contributed by atoms with Crippen molar-refractivity contribution in [2.24, 2.45) is 0 Å².